The molecule has 0 fully saturated rings. The Bertz CT molecular complexity index is 413. The van der Waals surface area contributed by atoms with E-state index in [0.717, 1.165) is 15.8 Å². The normalized spacial score (nSPS) is 11.1. The SMILES string of the molecule is COC(=O)C(C)(C)COc1ccc(Br)c(C)c1. The second-order valence-electron chi connectivity index (χ2n) is 4.58. The third kappa shape index (κ3) is 3.73. The van der Waals surface area contributed by atoms with Crippen molar-refractivity contribution in [2.45, 2.75) is 20.8 Å². The third-order valence-electron chi connectivity index (χ3n) is 2.47. The lowest BCUT2D eigenvalue weighted by Crippen LogP contribution is -2.32. The summed E-state index contributed by atoms with van der Waals surface area (Å²) in [5, 5.41) is 0. The Morgan fingerprint density at radius 3 is 2.59 bits per heavy atom. The monoisotopic (exact) mass is 300 g/mol. The molecule has 0 aromatic heterocycles. The Morgan fingerprint density at radius 1 is 1.41 bits per heavy atom. The van der Waals surface area contributed by atoms with E-state index in [4.69, 9.17) is 9.47 Å². The maximum atomic E-state index is 11.5. The first-order valence-electron chi connectivity index (χ1n) is 5.34. The van der Waals surface area contributed by atoms with Gasteiger partial charge >= 0.3 is 5.97 Å². The summed E-state index contributed by atoms with van der Waals surface area (Å²) in [7, 11) is 1.38. The van der Waals surface area contributed by atoms with Gasteiger partial charge in [0.2, 0.25) is 0 Å². The molecule has 0 unspecified atom stereocenters. The maximum Gasteiger partial charge on any atom is 0.314 e. The number of ether oxygens (including phenoxy) is 2. The molecule has 94 valence electrons. The van der Waals surface area contributed by atoms with Gasteiger partial charge in [0.1, 0.15) is 12.4 Å². The van der Waals surface area contributed by atoms with Crippen LogP contribution in [-0.2, 0) is 9.53 Å². The average molecular weight is 301 g/mol. The summed E-state index contributed by atoms with van der Waals surface area (Å²) in [4.78, 5) is 11.5. The lowest BCUT2D eigenvalue weighted by molar-refractivity contribution is -0.152. The van der Waals surface area contributed by atoms with E-state index < -0.39 is 5.41 Å². The van der Waals surface area contributed by atoms with Crippen LogP contribution in [0.1, 0.15) is 19.4 Å². The molecule has 1 rings (SSSR count). The summed E-state index contributed by atoms with van der Waals surface area (Å²) in [6, 6.07) is 5.72. The number of carbonyl (C=O) groups is 1. The van der Waals surface area contributed by atoms with Crippen molar-refractivity contribution in [3.63, 3.8) is 0 Å². The Kier molecular flexibility index (Phi) is 4.57. The minimum Gasteiger partial charge on any atom is -0.492 e. The number of esters is 1. The molecule has 0 saturated heterocycles. The van der Waals surface area contributed by atoms with Crippen LogP contribution in [0.2, 0.25) is 0 Å². The molecule has 0 aliphatic heterocycles. The first-order chi connectivity index (χ1) is 7.86. The molecule has 0 bridgehead atoms. The fourth-order valence-electron chi connectivity index (χ4n) is 1.31. The Labute approximate surface area is 110 Å². The van der Waals surface area contributed by atoms with Crippen molar-refractivity contribution in [2.24, 2.45) is 5.41 Å². The quantitative estimate of drug-likeness (QED) is 0.800. The predicted molar refractivity (Wildman–Crippen MR) is 70.2 cm³/mol. The van der Waals surface area contributed by atoms with Gasteiger partial charge in [0, 0.05) is 4.47 Å². The highest BCUT2D eigenvalue weighted by atomic mass is 79.9. The van der Waals surface area contributed by atoms with E-state index >= 15 is 0 Å². The summed E-state index contributed by atoms with van der Waals surface area (Å²) in [6.07, 6.45) is 0. The van der Waals surface area contributed by atoms with E-state index in [9.17, 15) is 4.79 Å². The fourth-order valence-corrected chi connectivity index (χ4v) is 1.55. The molecular weight excluding hydrogens is 284 g/mol. The molecule has 1 aromatic carbocycles. The highest BCUT2D eigenvalue weighted by molar-refractivity contribution is 9.10. The van der Waals surface area contributed by atoms with E-state index in [-0.39, 0.29) is 5.97 Å². The van der Waals surface area contributed by atoms with Crippen LogP contribution >= 0.6 is 15.9 Å². The summed E-state index contributed by atoms with van der Waals surface area (Å²) >= 11 is 3.42. The summed E-state index contributed by atoms with van der Waals surface area (Å²) in [5.74, 6) is 0.481. The summed E-state index contributed by atoms with van der Waals surface area (Å²) in [5.41, 5.74) is 0.453. The molecule has 3 nitrogen and oxygen atoms in total. The minimum absolute atomic E-state index is 0.272. The molecule has 0 aliphatic rings. The Morgan fingerprint density at radius 2 is 2.06 bits per heavy atom. The van der Waals surface area contributed by atoms with Crippen LogP contribution < -0.4 is 4.74 Å². The van der Waals surface area contributed by atoms with Crippen molar-refractivity contribution in [1.29, 1.82) is 0 Å². The first-order valence-corrected chi connectivity index (χ1v) is 6.13. The number of benzene rings is 1. The zero-order valence-electron chi connectivity index (χ0n) is 10.5. The van der Waals surface area contributed by atoms with Crippen molar-refractivity contribution >= 4 is 21.9 Å². The first kappa shape index (κ1) is 14.0. The van der Waals surface area contributed by atoms with Gasteiger partial charge in [-0.15, -0.1) is 0 Å². The van der Waals surface area contributed by atoms with Gasteiger partial charge in [-0.3, -0.25) is 4.79 Å². The van der Waals surface area contributed by atoms with E-state index in [1.807, 2.05) is 25.1 Å². The average Bonchev–Trinajstić information content (AvgIpc) is 2.29. The van der Waals surface area contributed by atoms with Crippen molar-refractivity contribution in [2.75, 3.05) is 13.7 Å². The Hall–Kier alpha value is -1.03. The van der Waals surface area contributed by atoms with Crippen LogP contribution in [0.15, 0.2) is 22.7 Å². The van der Waals surface area contributed by atoms with Crippen molar-refractivity contribution in [3.05, 3.63) is 28.2 Å². The van der Waals surface area contributed by atoms with E-state index in [1.54, 1.807) is 13.8 Å². The molecule has 0 radical (unpaired) electrons. The van der Waals surface area contributed by atoms with Gasteiger partial charge in [0.05, 0.1) is 12.5 Å². The second-order valence-corrected chi connectivity index (χ2v) is 5.43. The number of rotatable bonds is 4. The number of hydrogen-bond donors (Lipinski definition) is 0. The van der Waals surface area contributed by atoms with Gasteiger partial charge in [-0.1, -0.05) is 15.9 Å². The van der Waals surface area contributed by atoms with Gasteiger partial charge in [0.15, 0.2) is 0 Å². The van der Waals surface area contributed by atoms with Crippen LogP contribution in [0, 0.1) is 12.3 Å². The zero-order chi connectivity index (χ0) is 13.1. The van der Waals surface area contributed by atoms with E-state index in [2.05, 4.69) is 15.9 Å². The maximum absolute atomic E-state index is 11.5. The molecular formula is C13H17BrO3. The number of aryl methyl sites for hydroxylation is 1. The van der Waals surface area contributed by atoms with Crippen molar-refractivity contribution in [3.8, 4) is 5.75 Å². The molecule has 0 atom stereocenters. The molecule has 0 amide bonds. The topological polar surface area (TPSA) is 35.5 Å². The molecule has 1 aromatic rings. The van der Waals surface area contributed by atoms with Gasteiger partial charge in [0.25, 0.3) is 0 Å². The zero-order valence-corrected chi connectivity index (χ0v) is 12.1. The van der Waals surface area contributed by atoms with Crippen LogP contribution in [0.4, 0.5) is 0 Å². The summed E-state index contributed by atoms with van der Waals surface area (Å²) < 4.78 is 11.4. The molecule has 0 heterocycles. The van der Waals surface area contributed by atoms with Gasteiger partial charge in [-0.2, -0.15) is 0 Å². The van der Waals surface area contributed by atoms with Crippen LogP contribution in [0.3, 0.4) is 0 Å². The smallest absolute Gasteiger partial charge is 0.314 e. The molecule has 0 spiro atoms. The molecule has 0 saturated carbocycles. The Balaban J connectivity index is 2.67. The van der Waals surface area contributed by atoms with E-state index in [1.165, 1.54) is 7.11 Å². The lowest BCUT2D eigenvalue weighted by atomic mass is 9.95. The third-order valence-corrected chi connectivity index (χ3v) is 3.36. The minimum atomic E-state index is -0.643. The number of methoxy groups -OCH3 is 1. The van der Waals surface area contributed by atoms with Gasteiger partial charge in [-0.05, 0) is 44.5 Å². The highest BCUT2D eigenvalue weighted by Gasteiger charge is 2.29. The predicted octanol–water partition coefficient (Wildman–Crippen LogP) is 3.34. The molecule has 0 aliphatic carbocycles. The van der Waals surface area contributed by atoms with Crippen LogP contribution in [-0.4, -0.2) is 19.7 Å². The molecule has 0 N–H and O–H groups in total. The largest absolute Gasteiger partial charge is 0.492 e. The lowest BCUT2D eigenvalue weighted by Gasteiger charge is -2.21. The van der Waals surface area contributed by atoms with Gasteiger partial charge in [-0.25, -0.2) is 0 Å². The van der Waals surface area contributed by atoms with E-state index in [0.29, 0.717) is 6.61 Å². The second kappa shape index (κ2) is 5.54. The van der Waals surface area contributed by atoms with Crippen molar-refractivity contribution in [1.82, 2.24) is 0 Å². The molecule has 17 heavy (non-hydrogen) atoms. The van der Waals surface area contributed by atoms with Crippen molar-refractivity contribution < 1.29 is 14.3 Å². The summed E-state index contributed by atoms with van der Waals surface area (Å²) in [6.45, 7) is 5.87. The number of carbonyl (C=O) groups excluding carboxylic acids is 1. The van der Waals surface area contributed by atoms with Crippen LogP contribution in [0.5, 0.6) is 5.75 Å². The molecule has 4 heteroatoms. The fraction of sp³-hybridized carbons (Fsp3) is 0.462. The number of hydrogen-bond acceptors (Lipinski definition) is 3. The standard InChI is InChI=1S/C13H17BrO3/c1-9-7-10(5-6-11(9)14)17-8-13(2,3)12(15)16-4/h5-7H,8H2,1-4H3. The highest BCUT2D eigenvalue weighted by Crippen LogP contribution is 2.24. The number of halogens is 1. The van der Waals surface area contributed by atoms with Gasteiger partial charge < -0.3 is 9.47 Å². The van der Waals surface area contributed by atoms with Crippen LogP contribution in [0.25, 0.3) is 0 Å².